The monoisotopic (exact) mass is 443 g/mol. The molecule has 5 heteroatoms. The van der Waals surface area contributed by atoms with Crippen LogP contribution in [0.1, 0.15) is 49.7 Å². The molecule has 5 nitrogen and oxygen atoms in total. The number of benzene rings is 1. The molecule has 2 unspecified atom stereocenters. The summed E-state index contributed by atoms with van der Waals surface area (Å²) in [7, 11) is 0. The van der Waals surface area contributed by atoms with Crippen LogP contribution in [0, 0.1) is 11.3 Å². The zero-order valence-corrected chi connectivity index (χ0v) is 19.2. The van der Waals surface area contributed by atoms with Gasteiger partial charge in [-0.15, -0.1) is 0 Å². The molecule has 1 amide bonds. The molecule has 2 atom stereocenters. The number of fused-ring (bicyclic) bond motifs is 3. The first-order chi connectivity index (χ1) is 16.2. The third kappa shape index (κ3) is 3.97. The number of aromatic amines is 1. The Labute approximate surface area is 195 Å². The number of ether oxygens (including phenoxy) is 1. The number of rotatable bonds is 5. The number of nitrogens with zero attached hydrogens (tertiary/aromatic N) is 2. The lowest BCUT2D eigenvalue weighted by Crippen LogP contribution is -2.55. The molecule has 172 valence electrons. The Bertz CT molecular complexity index is 1100. The molecule has 2 bridgehead atoms. The van der Waals surface area contributed by atoms with Gasteiger partial charge >= 0.3 is 0 Å². The van der Waals surface area contributed by atoms with Crippen molar-refractivity contribution in [1.82, 2.24) is 14.9 Å². The maximum absolute atomic E-state index is 14.2. The smallest absolute Gasteiger partial charge is 0.229 e. The van der Waals surface area contributed by atoms with Gasteiger partial charge in [-0.3, -0.25) is 4.79 Å². The highest BCUT2D eigenvalue weighted by Crippen LogP contribution is 2.45. The van der Waals surface area contributed by atoms with Gasteiger partial charge in [0.2, 0.25) is 5.91 Å². The van der Waals surface area contributed by atoms with Crippen LogP contribution in [0.3, 0.4) is 0 Å². The van der Waals surface area contributed by atoms with Crippen LogP contribution >= 0.6 is 0 Å². The summed E-state index contributed by atoms with van der Waals surface area (Å²) in [6.07, 6.45) is 12.1. The Morgan fingerprint density at radius 2 is 1.82 bits per heavy atom. The molecule has 0 radical (unpaired) electrons. The van der Waals surface area contributed by atoms with E-state index >= 15 is 0 Å². The highest BCUT2D eigenvalue weighted by molar-refractivity contribution is 5.84. The van der Waals surface area contributed by atoms with E-state index in [1.165, 1.54) is 16.5 Å². The molecule has 3 aliphatic rings. The van der Waals surface area contributed by atoms with Crippen molar-refractivity contribution in [3.8, 4) is 0 Å². The van der Waals surface area contributed by atoms with Crippen molar-refractivity contribution < 1.29 is 9.53 Å². The molecule has 1 aromatic carbocycles. The van der Waals surface area contributed by atoms with Gasteiger partial charge in [-0.25, -0.2) is 4.98 Å². The molecule has 0 saturated carbocycles. The van der Waals surface area contributed by atoms with E-state index in [0.717, 1.165) is 57.0 Å². The predicted molar refractivity (Wildman–Crippen MR) is 129 cm³/mol. The first kappa shape index (κ1) is 20.9. The van der Waals surface area contributed by atoms with Crippen LogP contribution < -0.4 is 0 Å². The first-order valence-corrected chi connectivity index (χ1v) is 12.6. The summed E-state index contributed by atoms with van der Waals surface area (Å²) in [5, 5.41) is 1.19. The largest absolute Gasteiger partial charge is 0.381 e. The van der Waals surface area contributed by atoms with Gasteiger partial charge in [-0.1, -0.05) is 30.3 Å². The summed E-state index contributed by atoms with van der Waals surface area (Å²) in [4.78, 5) is 24.3. The van der Waals surface area contributed by atoms with Crippen LogP contribution in [0.15, 0.2) is 54.9 Å². The molecule has 3 fully saturated rings. The molecule has 6 rings (SSSR count). The van der Waals surface area contributed by atoms with E-state index in [4.69, 9.17) is 4.74 Å². The lowest BCUT2D eigenvalue weighted by atomic mass is 9.73. The van der Waals surface area contributed by atoms with Gasteiger partial charge in [0.1, 0.15) is 5.65 Å². The van der Waals surface area contributed by atoms with Crippen LogP contribution in [0.25, 0.3) is 11.0 Å². The van der Waals surface area contributed by atoms with Crippen molar-refractivity contribution in [2.75, 3.05) is 13.2 Å². The molecule has 5 heterocycles. The zero-order valence-electron chi connectivity index (χ0n) is 19.2. The number of H-pyrrole nitrogens is 1. The Balaban J connectivity index is 1.19. The number of carbonyl (C=O) groups is 1. The van der Waals surface area contributed by atoms with Gasteiger partial charge in [0.15, 0.2) is 0 Å². The minimum Gasteiger partial charge on any atom is -0.381 e. The fourth-order valence-electron chi connectivity index (χ4n) is 6.71. The maximum atomic E-state index is 14.2. The molecule has 3 aromatic rings. The number of amides is 1. The third-order valence-corrected chi connectivity index (χ3v) is 8.34. The topological polar surface area (TPSA) is 58.2 Å². The van der Waals surface area contributed by atoms with Crippen molar-refractivity contribution in [3.05, 3.63) is 66.0 Å². The summed E-state index contributed by atoms with van der Waals surface area (Å²) in [6.45, 7) is 1.39. The van der Waals surface area contributed by atoms with Gasteiger partial charge in [0.05, 0.1) is 5.41 Å². The fourth-order valence-corrected chi connectivity index (χ4v) is 6.71. The molecule has 33 heavy (non-hydrogen) atoms. The average molecular weight is 444 g/mol. The lowest BCUT2D eigenvalue weighted by molar-refractivity contribution is -0.153. The number of piperidine rings is 1. The Hall–Kier alpha value is -2.66. The highest BCUT2D eigenvalue weighted by atomic mass is 16.5. The Morgan fingerprint density at radius 3 is 2.58 bits per heavy atom. The number of hydrogen-bond acceptors (Lipinski definition) is 3. The quantitative estimate of drug-likeness (QED) is 0.609. The number of aromatic nitrogens is 2. The van der Waals surface area contributed by atoms with Crippen molar-refractivity contribution in [3.63, 3.8) is 0 Å². The number of hydrogen-bond donors (Lipinski definition) is 1. The molecule has 3 saturated heterocycles. The number of carbonyl (C=O) groups excluding carboxylic acids is 1. The maximum Gasteiger partial charge on any atom is 0.229 e. The second-order valence-electron chi connectivity index (χ2n) is 10.5. The standard InChI is InChI=1S/C28H33N3O2/c32-27(28(9-12-33-13-10-28)18-20-4-2-1-3-5-20)31-24-6-7-25(31)17-21(16-24)14-22-15-23-8-11-29-26(23)30-19-22/h1-5,8,11,15,19,21,24-25H,6-7,9-10,12-14,16-18H2,(H,29,30). The predicted octanol–water partition coefficient (Wildman–Crippen LogP) is 4.91. The fraction of sp³-hybridized carbons (Fsp3) is 0.500. The minimum atomic E-state index is -0.309. The van der Waals surface area contributed by atoms with Crippen LogP contribution in [0.4, 0.5) is 0 Å². The van der Waals surface area contributed by atoms with Crippen molar-refractivity contribution in [2.24, 2.45) is 11.3 Å². The Kier molecular flexibility index (Phi) is 5.45. The van der Waals surface area contributed by atoms with E-state index in [-0.39, 0.29) is 5.41 Å². The number of nitrogens with one attached hydrogen (secondary N) is 1. The summed E-state index contributed by atoms with van der Waals surface area (Å²) >= 11 is 0. The molecular weight excluding hydrogens is 410 g/mol. The Morgan fingerprint density at radius 1 is 1.06 bits per heavy atom. The molecule has 1 N–H and O–H groups in total. The van der Waals surface area contributed by atoms with Gasteiger partial charge < -0.3 is 14.6 Å². The van der Waals surface area contributed by atoms with E-state index in [1.54, 1.807) is 0 Å². The SMILES string of the molecule is O=C(N1C2CCC1CC(Cc1cnc3[nH]ccc3c1)C2)C1(Cc2ccccc2)CCOCC1. The summed E-state index contributed by atoms with van der Waals surface area (Å²) < 4.78 is 5.70. The van der Waals surface area contributed by atoms with E-state index in [0.29, 0.717) is 37.1 Å². The summed E-state index contributed by atoms with van der Waals surface area (Å²) in [6, 6.07) is 15.7. The van der Waals surface area contributed by atoms with Crippen LogP contribution in [0.5, 0.6) is 0 Å². The van der Waals surface area contributed by atoms with Crippen molar-refractivity contribution in [2.45, 2.75) is 63.5 Å². The summed E-state index contributed by atoms with van der Waals surface area (Å²) in [5.74, 6) is 1.03. The van der Waals surface area contributed by atoms with Crippen LogP contribution in [-0.2, 0) is 22.4 Å². The molecular formula is C28H33N3O2. The second-order valence-corrected chi connectivity index (χ2v) is 10.5. The third-order valence-electron chi connectivity index (χ3n) is 8.34. The van der Waals surface area contributed by atoms with Gasteiger partial charge in [-0.2, -0.15) is 0 Å². The highest BCUT2D eigenvalue weighted by Gasteiger charge is 2.50. The van der Waals surface area contributed by atoms with E-state index in [2.05, 4.69) is 57.3 Å². The van der Waals surface area contributed by atoms with Crippen LogP contribution in [-0.4, -0.2) is 46.1 Å². The number of pyridine rings is 1. The van der Waals surface area contributed by atoms with Crippen molar-refractivity contribution >= 4 is 16.9 Å². The molecule has 0 aliphatic carbocycles. The first-order valence-electron chi connectivity index (χ1n) is 12.6. The normalized spacial score (nSPS) is 26.5. The van der Waals surface area contributed by atoms with Crippen LogP contribution in [0.2, 0.25) is 0 Å². The lowest BCUT2D eigenvalue weighted by Gasteiger charge is -2.46. The van der Waals surface area contributed by atoms with Gasteiger partial charge in [0, 0.05) is 43.1 Å². The van der Waals surface area contributed by atoms with E-state index in [1.807, 2.05) is 12.4 Å². The van der Waals surface area contributed by atoms with E-state index < -0.39 is 0 Å². The van der Waals surface area contributed by atoms with Crippen molar-refractivity contribution in [1.29, 1.82) is 0 Å². The van der Waals surface area contributed by atoms with Gasteiger partial charge in [-0.05, 0) is 80.5 Å². The average Bonchev–Trinajstić information content (AvgIpc) is 3.41. The van der Waals surface area contributed by atoms with Gasteiger partial charge in [0.25, 0.3) is 0 Å². The van der Waals surface area contributed by atoms with E-state index in [9.17, 15) is 4.79 Å². The minimum absolute atomic E-state index is 0.309. The zero-order chi connectivity index (χ0) is 22.3. The second kappa shape index (κ2) is 8.60. The molecule has 3 aliphatic heterocycles. The molecule has 2 aromatic heterocycles. The summed E-state index contributed by atoms with van der Waals surface area (Å²) in [5.41, 5.74) is 3.23. The molecule has 0 spiro atoms.